The van der Waals surface area contributed by atoms with Crippen LogP contribution in [0, 0.1) is 0 Å². The van der Waals surface area contributed by atoms with Crippen LogP contribution in [0.15, 0.2) is 64.2 Å². The van der Waals surface area contributed by atoms with Gasteiger partial charge < -0.3 is 15.6 Å². The van der Waals surface area contributed by atoms with Crippen LogP contribution in [0.3, 0.4) is 0 Å². The molecule has 0 atom stereocenters. The summed E-state index contributed by atoms with van der Waals surface area (Å²) in [5.41, 5.74) is 9.64. The second-order valence-corrected chi connectivity index (χ2v) is 10.9. The molecule has 0 amide bonds. The summed E-state index contributed by atoms with van der Waals surface area (Å²) in [6.45, 7) is 7.40. The molecule has 4 rings (SSSR count). The van der Waals surface area contributed by atoms with Gasteiger partial charge in [-0.05, 0) is 55.5 Å². The molecule has 220 valence electrons. The lowest BCUT2D eigenvalue weighted by molar-refractivity contribution is 0.508. The summed E-state index contributed by atoms with van der Waals surface area (Å²) in [7, 11) is 0. The van der Waals surface area contributed by atoms with E-state index in [-0.39, 0.29) is 11.2 Å². The van der Waals surface area contributed by atoms with E-state index in [1.165, 1.54) is 10.1 Å². The maximum Gasteiger partial charge on any atom is 0.332 e. The Hall–Kier alpha value is -3.65. The topological polar surface area (TPSA) is 99.9 Å². The van der Waals surface area contributed by atoms with Crippen molar-refractivity contribution in [1.29, 1.82) is 0 Å². The van der Waals surface area contributed by atoms with Gasteiger partial charge in [0.05, 0.1) is 0 Å². The first kappa shape index (κ1) is 30.3. The number of aromatic nitrogens is 4. The molecule has 0 radical (unpaired) electrons. The lowest BCUT2D eigenvalue weighted by Crippen LogP contribution is -2.41. The van der Waals surface area contributed by atoms with E-state index in [2.05, 4.69) is 43.4 Å². The number of hydrogen-bond donors (Lipinski definition) is 2. The van der Waals surface area contributed by atoms with E-state index >= 15 is 0 Å². The molecule has 0 saturated carbocycles. The van der Waals surface area contributed by atoms with E-state index in [9.17, 15) is 9.59 Å². The monoisotopic (exact) mass is 558 g/mol. The Morgan fingerprint density at radius 2 is 1.46 bits per heavy atom. The summed E-state index contributed by atoms with van der Waals surface area (Å²) in [5.74, 6) is 0.823. The van der Waals surface area contributed by atoms with Gasteiger partial charge in [-0.1, -0.05) is 82.0 Å². The lowest BCUT2D eigenvalue weighted by atomic mass is 10.1. The van der Waals surface area contributed by atoms with Crippen LogP contribution in [0.5, 0.6) is 0 Å². The fraction of sp³-hybridized carbons (Fsp3) is 0.485. The molecule has 0 aliphatic heterocycles. The molecule has 8 nitrogen and oxygen atoms in total. The maximum absolute atomic E-state index is 13.8. The minimum atomic E-state index is -0.233. The van der Waals surface area contributed by atoms with Gasteiger partial charge in [-0.25, -0.2) is 9.78 Å². The quantitative estimate of drug-likeness (QED) is 0.138. The number of unbranched alkanes of at least 4 members (excludes halogenated alkanes) is 5. The summed E-state index contributed by atoms with van der Waals surface area (Å²) in [5, 5.41) is 3.38. The highest BCUT2D eigenvalue weighted by Crippen LogP contribution is 2.17. The van der Waals surface area contributed by atoms with Crippen LogP contribution in [-0.2, 0) is 32.5 Å². The molecule has 2 heterocycles. The first-order valence-corrected chi connectivity index (χ1v) is 15.3. The number of rotatable bonds is 17. The number of nitrogen functional groups attached to an aromatic ring is 1. The number of fused-ring (bicyclic) bond motifs is 1. The number of benzene rings is 2. The standard InChI is InChI=1S/C33H46N6O2/c1-3-5-12-23-39-32(40)30-31(36-29(37(30)24-21-35-4-2)25-27-15-10-8-11-16-27)38(33(39)41)22-13-7-6-9-14-26-17-19-28(34)20-18-26/h8,10-11,15-20,35H,3-7,9,12-14,21-25,34H2,1-2H3. The van der Waals surface area contributed by atoms with Crippen molar-refractivity contribution in [2.24, 2.45) is 0 Å². The van der Waals surface area contributed by atoms with Gasteiger partial charge in [0.1, 0.15) is 5.82 Å². The Bertz CT molecular complexity index is 1480. The summed E-state index contributed by atoms with van der Waals surface area (Å²) >= 11 is 0. The Morgan fingerprint density at radius 1 is 0.756 bits per heavy atom. The maximum atomic E-state index is 13.8. The van der Waals surface area contributed by atoms with Gasteiger partial charge in [0, 0.05) is 38.3 Å². The molecule has 0 fully saturated rings. The van der Waals surface area contributed by atoms with Crippen LogP contribution in [0.2, 0.25) is 0 Å². The molecule has 0 saturated heterocycles. The molecule has 2 aromatic carbocycles. The summed E-state index contributed by atoms with van der Waals surface area (Å²) < 4.78 is 5.27. The summed E-state index contributed by atoms with van der Waals surface area (Å²) in [4.78, 5) is 32.6. The molecule has 0 spiro atoms. The van der Waals surface area contributed by atoms with E-state index in [0.717, 1.165) is 81.5 Å². The van der Waals surface area contributed by atoms with E-state index in [4.69, 9.17) is 10.7 Å². The minimum absolute atomic E-state index is 0.218. The van der Waals surface area contributed by atoms with E-state index in [1.54, 1.807) is 4.57 Å². The van der Waals surface area contributed by atoms with Crippen LogP contribution in [-0.4, -0.2) is 31.8 Å². The van der Waals surface area contributed by atoms with Crippen LogP contribution in [0.25, 0.3) is 11.2 Å². The summed E-state index contributed by atoms with van der Waals surface area (Å²) in [6, 6.07) is 18.3. The molecule has 0 unspecified atom stereocenters. The largest absolute Gasteiger partial charge is 0.399 e. The zero-order valence-electron chi connectivity index (χ0n) is 24.8. The van der Waals surface area contributed by atoms with E-state index in [1.807, 2.05) is 34.9 Å². The third-order valence-corrected chi connectivity index (χ3v) is 7.72. The molecule has 0 bridgehead atoms. The molecule has 2 aromatic heterocycles. The fourth-order valence-corrected chi connectivity index (χ4v) is 5.41. The molecule has 0 aliphatic carbocycles. The van der Waals surface area contributed by atoms with Crippen molar-refractivity contribution in [2.75, 3.05) is 18.8 Å². The first-order chi connectivity index (χ1) is 20.0. The average Bonchev–Trinajstić information content (AvgIpc) is 3.33. The molecule has 41 heavy (non-hydrogen) atoms. The predicted molar refractivity (Wildman–Crippen MR) is 169 cm³/mol. The zero-order valence-corrected chi connectivity index (χ0v) is 24.8. The highest BCUT2D eigenvalue weighted by atomic mass is 16.2. The number of nitrogens with one attached hydrogen (secondary N) is 1. The molecule has 0 aliphatic rings. The zero-order chi connectivity index (χ0) is 29.0. The van der Waals surface area contributed by atoms with Gasteiger partial charge >= 0.3 is 5.69 Å². The number of likely N-dealkylation sites (N-methyl/N-ethyl adjacent to an activating group) is 1. The van der Waals surface area contributed by atoms with Crippen LogP contribution in [0.1, 0.15) is 75.7 Å². The fourth-order valence-electron chi connectivity index (χ4n) is 5.41. The van der Waals surface area contributed by atoms with Crippen molar-refractivity contribution in [3.05, 3.63) is 92.4 Å². The van der Waals surface area contributed by atoms with Crippen molar-refractivity contribution < 1.29 is 0 Å². The number of hydrogen-bond acceptors (Lipinski definition) is 5. The van der Waals surface area contributed by atoms with Gasteiger partial charge in [0.15, 0.2) is 11.2 Å². The van der Waals surface area contributed by atoms with Gasteiger partial charge in [0.25, 0.3) is 5.56 Å². The molecule has 3 N–H and O–H groups in total. The van der Waals surface area contributed by atoms with E-state index in [0.29, 0.717) is 37.2 Å². The number of nitrogens with two attached hydrogens (primary N) is 1. The highest BCUT2D eigenvalue weighted by molar-refractivity contribution is 5.71. The van der Waals surface area contributed by atoms with Crippen LogP contribution >= 0.6 is 0 Å². The number of imidazole rings is 1. The van der Waals surface area contributed by atoms with Gasteiger partial charge in [-0.3, -0.25) is 13.9 Å². The second-order valence-electron chi connectivity index (χ2n) is 10.9. The van der Waals surface area contributed by atoms with Crippen molar-refractivity contribution >= 4 is 16.9 Å². The predicted octanol–water partition coefficient (Wildman–Crippen LogP) is 5.14. The number of anilines is 1. The first-order valence-electron chi connectivity index (χ1n) is 15.3. The Morgan fingerprint density at radius 3 is 2.20 bits per heavy atom. The van der Waals surface area contributed by atoms with Gasteiger partial charge in [-0.2, -0.15) is 0 Å². The third-order valence-electron chi connectivity index (χ3n) is 7.72. The normalized spacial score (nSPS) is 11.5. The Balaban J connectivity index is 1.61. The number of aryl methyl sites for hydroxylation is 2. The SMILES string of the molecule is CCCCCn1c(=O)c2c(nc(Cc3ccccc3)n2CCNCC)n(CCCCCCc2ccc(N)cc2)c1=O. The molecule has 4 aromatic rings. The van der Waals surface area contributed by atoms with Crippen molar-refractivity contribution in [3.8, 4) is 0 Å². The van der Waals surface area contributed by atoms with Gasteiger partial charge in [-0.15, -0.1) is 0 Å². The third kappa shape index (κ3) is 7.97. The minimum Gasteiger partial charge on any atom is -0.399 e. The Kier molecular flexibility index (Phi) is 11.4. The van der Waals surface area contributed by atoms with Crippen molar-refractivity contribution in [3.63, 3.8) is 0 Å². The molecule has 8 heteroatoms. The van der Waals surface area contributed by atoms with Gasteiger partial charge in [0.2, 0.25) is 0 Å². The van der Waals surface area contributed by atoms with Crippen LogP contribution < -0.4 is 22.3 Å². The van der Waals surface area contributed by atoms with Crippen molar-refractivity contribution in [2.45, 2.75) is 91.3 Å². The molecular formula is C33H46N6O2. The van der Waals surface area contributed by atoms with Crippen molar-refractivity contribution in [1.82, 2.24) is 24.0 Å². The lowest BCUT2D eigenvalue weighted by Gasteiger charge is -2.13. The summed E-state index contributed by atoms with van der Waals surface area (Å²) in [6.07, 6.45) is 8.49. The number of nitrogens with zero attached hydrogens (tertiary/aromatic N) is 4. The second kappa shape index (κ2) is 15.4. The highest BCUT2D eigenvalue weighted by Gasteiger charge is 2.21. The average molecular weight is 559 g/mol. The van der Waals surface area contributed by atoms with Crippen LogP contribution in [0.4, 0.5) is 5.69 Å². The Labute approximate surface area is 243 Å². The van der Waals surface area contributed by atoms with E-state index < -0.39 is 0 Å². The smallest absolute Gasteiger partial charge is 0.332 e. The molecular weight excluding hydrogens is 512 g/mol.